The van der Waals surface area contributed by atoms with Crippen molar-refractivity contribution >= 4 is 17.6 Å². The molecule has 1 unspecified atom stereocenters. The van der Waals surface area contributed by atoms with Crippen molar-refractivity contribution in [3.05, 3.63) is 29.8 Å². The van der Waals surface area contributed by atoms with Gasteiger partial charge in [-0.1, -0.05) is 0 Å². The molecule has 1 amide bonds. The Kier molecular flexibility index (Phi) is 4.52. The van der Waals surface area contributed by atoms with E-state index in [0.717, 1.165) is 19.5 Å². The zero-order chi connectivity index (χ0) is 13.7. The molecule has 0 aliphatic carbocycles. The smallest absolute Gasteiger partial charge is 0.337 e. The third-order valence-corrected chi connectivity index (χ3v) is 3.23. The number of hydrogen-bond donors (Lipinski definition) is 2. The summed E-state index contributed by atoms with van der Waals surface area (Å²) >= 11 is 0. The molecule has 0 bridgehead atoms. The Labute approximate surface area is 112 Å². The number of methoxy groups -OCH3 is 1. The quantitative estimate of drug-likeness (QED) is 0.805. The van der Waals surface area contributed by atoms with Gasteiger partial charge in [0.15, 0.2) is 0 Å². The number of hydrogen-bond acceptors (Lipinski definition) is 4. The highest BCUT2D eigenvalue weighted by molar-refractivity contribution is 5.93. The van der Waals surface area contributed by atoms with Gasteiger partial charge in [0.05, 0.1) is 12.7 Å². The van der Waals surface area contributed by atoms with Crippen LogP contribution in [0.2, 0.25) is 0 Å². The lowest BCUT2D eigenvalue weighted by Crippen LogP contribution is -2.18. The summed E-state index contributed by atoms with van der Waals surface area (Å²) in [5, 5.41) is 6.07. The van der Waals surface area contributed by atoms with Crippen molar-refractivity contribution in [3.8, 4) is 0 Å². The van der Waals surface area contributed by atoms with Gasteiger partial charge in [-0.25, -0.2) is 4.79 Å². The van der Waals surface area contributed by atoms with Crippen LogP contribution in [0.15, 0.2) is 24.3 Å². The van der Waals surface area contributed by atoms with E-state index in [2.05, 4.69) is 15.4 Å². The molecular weight excluding hydrogens is 244 g/mol. The SMILES string of the molecule is COC(=O)c1ccc(NC(=O)CC2CCNC2)cc1. The lowest BCUT2D eigenvalue weighted by molar-refractivity contribution is -0.116. The van der Waals surface area contributed by atoms with Crippen molar-refractivity contribution in [1.29, 1.82) is 0 Å². The summed E-state index contributed by atoms with van der Waals surface area (Å²) < 4.78 is 4.61. The second-order valence-electron chi connectivity index (χ2n) is 4.68. The molecule has 2 N–H and O–H groups in total. The standard InChI is InChI=1S/C14H18N2O3/c1-19-14(18)11-2-4-12(5-3-11)16-13(17)8-10-6-7-15-9-10/h2-5,10,15H,6-9H2,1H3,(H,16,17). The molecule has 0 aromatic heterocycles. The average Bonchev–Trinajstić information content (AvgIpc) is 2.91. The van der Waals surface area contributed by atoms with Gasteiger partial charge in [0.1, 0.15) is 0 Å². The van der Waals surface area contributed by atoms with E-state index in [9.17, 15) is 9.59 Å². The molecule has 1 aromatic carbocycles. The molecule has 1 aromatic rings. The van der Waals surface area contributed by atoms with Crippen LogP contribution in [-0.2, 0) is 9.53 Å². The second-order valence-corrected chi connectivity index (χ2v) is 4.68. The third kappa shape index (κ3) is 3.79. The minimum Gasteiger partial charge on any atom is -0.465 e. The average molecular weight is 262 g/mol. The highest BCUT2D eigenvalue weighted by Gasteiger charge is 2.18. The second kappa shape index (κ2) is 6.33. The summed E-state index contributed by atoms with van der Waals surface area (Å²) in [6.45, 7) is 1.90. The number of carbonyl (C=O) groups excluding carboxylic acids is 2. The van der Waals surface area contributed by atoms with Crippen LogP contribution in [-0.4, -0.2) is 32.1 Å². The first-order valence-electron chi connectivity index (χ1n) is 6.38. The van der Waals surface area contributed by atoms with E-state index in [4.69, 9.17) is 0 Å². The van der Waals surface area contributed by atoms with Crippen molar-refractivity contribution in [3.63, 3.8) is 0 Å². The summed E-state index contributed by atoms with van der Waals surface area (Å²) in [5.74, 6) is 0.0590. The molecule has 0 saturated carbocycles. The fourth-order valence-electron chi connectivity index (χ4n) is 2.17. The Morgan fingerprint density at radius 3 is 2.68 bits per heavy atom. The minimum atomic E-state index is -0.380. The maximum atomic E-state index is 11.8. The van der Waals surface area contributed by atoms with E-state index in [1.54, 1.807) is 24.3 Å². The number of nitrogens with one attached hydrogen (secondary N) is 2. The molecule has 102 valence electrons. The molecule has 2 rings (SSSR count). The Morgan fingerprint density at radius 2 is 2.11 bits per heavy atom. The first kappa shape index (κ1) is 13.5. The Bertz CT molecular complexity index is 450. The van der Waals surface area contributed by atoms with Crippen LogP contribution in [0.3, 0.4) is 0 Å². The normalized spacial score (nSPS) is 18.1. The molecule has 5 nitrogen and oxygen atoms in total. The van der Waals surface area contributed by atoms with Gasteiger partial charge < -0.3 is 15.4 Å². The number of rotatable bonds is 4. The number of esters is 1. The molecule has 1 heterocycles. The van der Waals surface area contributed by atoms with Crippen molar-refractivity contribution < 1.29 is 14.3 Å². The molecular formula is C14H18N2O3. The van der Waals surface area contributed by atoms with Crippen LogP contribution in [0.5, 0.6) is 0 Å². The lowest BCUT2D eigenvalue weighted by Gasteiger charge is -2.09. The van der Waals surface area contributed by atoms with E-state index in [0.29, 0.717) is 23.6 Å². The van der Waals surface area contributed by atoms with E-state index >= 15 is 0 Å². The first-order chi connectivity index (χ1) is 9.19. The number of ether oxygens (including phenoxy) is 1. The van der Waals surface area contributed by atoms with Crippen LogP contribution >= 0.6 is 0 Å². The molecule has 0 spiro atoms. The van der Waals surface area contributed by atoms with Gasteiger partial charge in [0.2, 0.25) is 5.91 Å². The summed E-state index contributed by atoms with van der Waals surface area (Å²) in [6, 6.07) is 6.69. The third-order valence-electron chi connectivity index (χ3n) is 3.23. The molecule has 1 aliphatic heterocycles. The monoisotopic (exact) mass is 262 g/mol. The van der Waals surface area contributed by atoms with Gasteiger partial charge in [-0.3, -0.25) is 4.79 Å². The summed E-state index contributed by atoms with van der Waals surface area (Å²) in [4.78, 5) is 23.1. The zero-order valence-electron chi connectivity index (χ0n) is 10.9. The van der Waals surface area contributed by atoms with Gasteiger partial charge in [0.25, 0.3) is 0 Å². The topological polar surface area (TPSA) is 67.4 Å². The molecule has 1 fully saturated rings. The Balaban J connectivity index is 1.88. The minimum absolute atomic E-state index is 0.0134. The summed E-state index contributed by atoms with van der Waals surface area (Å²) in [6.07, 6.45) is 1.58. The van der Waals surface area contributed by atoms with Crippen molar-refractivity contribution in [2.75, 3.05) is 25.5 Å². The summed E-state index contributed by atoms with van der Waals surface area (Å²) in [5.41, 5.74) is 1.17. The molecule has 5 heteroatoms. The van der Waals surface area contributed by atoms with Crippen LogP contribution < -0.4 is 10.6 Å². The molecule has 1 atom stereocenters. The highest BCUT2D eigenvalue weighted by Crippen LogP contribution is 2.15. The molecule has 19 heavy (non-hydrogen) atoms. The van der Waals surface area contributed by atoms with Crippen LogP contribution in [0.25, 0.3) is 0 Å². The van der Waals surface area contributed by atoms with E-state index < -0.39 is 0 Å². The number of amides is 1. The van der Waals surface area contributed by atoms with Gasteiger partial charge in [-0.2, -0.15) is 0 Å². The molecule has 1 aliphatic rings. The van der Waals surface area contributed by atoms with E-state index in [1.807, 2.05) is 0 Å². The van der Waals surface area contributed by atoms with Gasteiger partial charge >= 0.3 is 5.97 Å². The Morgan fingerprint density at radius 1 is 1.37 bits per heavy atom. The zero-order valence-corrected chi connectivity index (χ0v) is 10.9. The number of anilines is 1. The van der Waals surface area contributed by atoms with Gasteiger partial charge in [-0.05, 0) is 49.7 Å². The maximum Gasteiger partial charge on any atom is 0.337 e. The largest absolute Gasteiger partial charge is 0.465 e. The fraction of sp³-hybridized carbons (Fsp3) is 0.429. The number of carbonyl (C=O) groups is 2. The maximum absolute atomic E-state index is 11.8. The van der Waals surface area contributed by atoms with Crippen LogP contribution in [0.1, 0.15) is 23.2 Å². The fourth-order valence-corrected chi connectivity index (χ4v) is 2.17. The number of benzene rings is 1. The predicted molar refractivity (Wildman–Crippen MR) is 72.0 cm³/mol. The van der Waals surface area contributed by atoms with E-state index in [1.165, 1.54) is 7.11 Å². The summed E-state index contributed by atoms with van der Waals surface area (Å²) in [7, 11) is 1.34. The van der Waals surface area contributed by atoms with Gasteiger partial charge in [0, 0.05) is 12.1 Å². The van der Waals surface area contributed by atoms with Crippen molar-refractivity contribution in [2.45, 2.75) is 12.8 Å². The van der Waals surface area contributed by atoms with Crippen LogP contribution in [0, 0.1) is 5.92 Å². The highest BCUT2D eigenvalue weighted by atomic mass is 16.5. The van der Waals surface area contributed by atoms with Crippen molar-refractivity contribution in [1.82, 2.24) is 5.32 Å². The van der Waals surface area contributed by atoms with E-state index in [-0.39, 0.29) is 11.9 Å². The first-order valence-corrected chi connectivity index (χ1v) is 6.38. The van der Waals surface area contributed by atoms with Crippen LogP contribution in [0.4, 0.5) is 5.69 Å². The van der Waals surface area contributed by atoms with Gasteiger partial charge in [-0.15, -0.1) is 0 Å². The molecule has 0 radical (unpaired) electrons. The molecule has 1 saturated heterocycles. The predicted octanol–water partition coefficient (Wildman–Crippen LogP) is 1.41. The Hall–Kier alpha value is -1.88. The van der Waals surface area contributed by atoms with Crippen molar-refractivity contribution in [2.24, 2.45) is 5.92 Å². The lowest BCUT2D eigenvalue weighted by atomic mass is 10.0.